The lowest BCUT2D eigenvalue weighted by Gasteiger charge is -2.11. The van der Waals surface area contributed by atoms with Gasteiger partial charge >= 0.3 is 5.97 Å². The van der Waals surface area contributed by atoms with Gasteiger partial charge < -0.3 is 14.2 Å². The van der Waals surface area contributed by atoms with E-state index >= 15 is 0 Å². The monoisotopic (exact) mass is 312 g/mol. The summed E-state index contributed by atoms with van der Waals surface area (Å²) in [5, 5.41) is 0. The highest BCUT2D eigenvalue weighted by Crippen LogP contribution is 2.30. The Morgan fingerprint density at radius 2 is 2.00 bits per heavy atom. The summed E-state index contributed by atoms with van der Waals surface area (Å²) in [6.45, 7) is 0.394. The van der Waals surface area contributed by atoms with E-state index in [1.165, 1.54) is 25.6 Å². The topological polar surface area (TPSA) is 44.8 Å². The van der Waals surface area contributed by atoms with Crippen molar-refractivity contribution < 1.29 is 19.0 Å². The maximum atomic E-state index is 11.4. The van der Waals surface area contributed by atoms with Crippen molar-refractivity contribution >= 4 is 28.9 Å². The number of carbonyl (C=O) groups is 1. The molecule has 20 heavy (non-hydrogen) atoms. The number of ether oxygens (including phenoxy) is 3. The van der Waals surface area contributed by atoms with Crippen molar-refractivity contribution in [2.45, 2.75) is 6.61 Å². The summed E-state index contributed by atoms with van der Waals surface area (Å²) in [7, 11) is 2.85. The maximum Gasteiger partial charge on any atom is 0.337 e. The number of halogens is 1. The van der Waals surface area contributed by atoms with Gasteiger partial charge in [0.2, 0.25) is 0 Å². The first-order chi connectivity index (χ1) is 9.63. The minimum absolute atomic E-state index is 0.394. The fraction of sp³-hybridized carbons (Fsp3) is 0.214. The molecule has 0 aliphatic carbocycles. The largest absolute Gasteiger partial charge is 0.493 e. The first-order valence-electron chi connectivity index (χ1n) is 5.77. The number of hydrogen-bond acceptors (Lipinski definition) is 5. The van der Waals surface area contributed by atoms with E-state index in [9.17, 15) is 4.79 Å². The van der Waals surface area contributed by atoms with Crippen LogP contribution in [0.5, 0.6) is 11.5 Å². The summed E-state index contributed by atoms with van der Waals surface area (Å²) >= 11 is 7.32. The van der Waals surface area contributed by atoms with E-state index in [-0.39, 0.29) is 0 Å². The second-order valence-corrected chi connectivity index (χ2v) is 5.65. The fourth-order valence-electron chi connectivity index (χ4n) is 1.61. The molecule has 2 rings (SSSR count). The van der Waals surface area contributed by atoms with Crippen LogP contribution in [0.25, 0.3) is 0 Å². The van der Waals surface area contributed by atoms with Gasteiger partial charge in [-0.1, -0.05) is 11.6 Å². The summed E-state index contributed by atoms with van der Waals surface area (Å²) in [4.78, 5) is 12.5. The van der Waals surface area contributed by atoms with Gasteiger partial charge in [-0.25, -0.2) is 4.79 Å². The van der Waals surface area contributed by atoms with Crippen molar-refractivity contribution in [1.29, 1.82) is 0 Å². The van der Waals surface area contributed by atoms with E-state index in [1.54, 1.807) is 18.2 Å². The molecule has 1 aromatic carbocycles. The van der Waals surface area contributed by atoms with Gasteiger partial charge in [0, 0.05) is 4.88 Å². The van der Waals surface area contributed by atoms with Gasteiger partial charge in [0.25, 0.3) is 0 Å². The number of benzene rings is 1. The highest BCUT2D eigenvalue weighted by molar-refractivity contribution is 7.16. The Kier molecular flexibility index (Phi) is 4.87. The Balaban J connectivity index is 2.13. The van der Waals surface area contributed by atoms with Crippen LogP contribution in [-0.4, -0.2) is 20.2 Å². The maximum absolute atomic E-state index is 11.4. The van der Waals surface area contributed by atoms with Crippen molar-refractivity contribution in [3.05, 3.63) is 45.1 Å². The minimum Gasteiger partial charge on any atom is -0.493 e. The quantitative estimate of drug-likeness (QED) is 0.788. The average Bonchev–Trinajstić information content (AvgIpc) is 2.89. The molecule has 1 heterocycles. The van der Waals surface area contributed by atoms with Gasteiger partial charge in [-0.15, -0.1) is 11.3 Å². The fourth-order valence-corrected chi connectivity index (χ4v) is 2.61. The second-order valence-electron chi connectivity index (χ2n) is 3.85. The molecule has 4 nitrogen and oxygen atoms in total. The van der Waals surface area contributed by atoms with E-state index in [1.807, 2.05) is 12.1 Å². The molecule has 0 fully saturated rings. The second kappa shape index (κ2) is 6.63. The van der Waals surface area contributed by atoms with Crippen molar-refractivity contribution in [2.24, 2.45) is 0 Å². The summed E-state index contributed by atoms with van der Waals surface area (Å²) < 4.78 is 16.3. The van der Waals surface area contributed by atoms with E-state index < -0.39 is 5.97 Å². The van der Waals surface area contributed by atoms with Crippen molar-refractivity contribution in [3.63, 3.8) is 0 Å². The normalized spacial score (nSPS) is 10.2. The zero-order valence-electron chi connectivity index (χ0n) is 11.0. The van der Waals surface area contributed by atoms with Gasteiger partial charge in [-0.3, -0.25) is 0 Å². The molecule has 0 atom stereocenters. The lowest BCUT2D eigenvalue weighted by molar-refractivity contribution is 0.0600. The number of rotatable bonds is 5. The Bertz CT molecular complexity index is 609. The Morgan fingerprint density at radius 1 is 1.20 bits per heavy atom. The van der Waals surface area contributed by atoms with Crippen molar-refractivity contribution in [1.82, 2.24) is 0 Å². The van der Waals surface area contributed by atoms with E-state index in [0.717, 1.165) is 9.21 Å². The molecule has 0 aliphatic heterocycles. The predicted octanol–water partition coefficient (Wildman–Crippen LogP) is 3.78. The van der Waals surface area contributed by atoms with E-state index in [0.29, 0.717) is 23.7 Å². The third kappa shape index (κ3) is 3.43. The lowest BCUT2D eigenvalue weighted by atomic mass is 10.2. The van der Waals surface area contributed by atoms with Gasteiger partial charge in [0.15, 0.2) is 11.5 Å². The number of carbonyl (C=O) groups excluding carboxylic acids is 1. The molecular weight excluding hydrogens is 300 g/mol. The van der Waals surface area contributed by atoms with Crippen LogP contribution in [-0.2, 0) is 11.3 Å². The van der Waals surface area contributed by atoms with E-state index in [2.05, 4.69) is 4.74 Å². The van der Waals surface area contributed by atoms with Crippen LogP contribution in [0.1, 0.15) is 15.2 Å². The number of thiophene rings is 1. The molecule has 0 radical (unpaired) electrons. The third-order valence-corrected chi connectivity index (χ3v) is 3.79. The van der Waals surface area contributed by atoms with Gasteiger partial charge in [-0.2, -0.15) is 0 Å². The van der Waals surface area contributed by atoms with Gasteiger partial charge in [0.05, 0.1) is 24.1 Å². The molecule has 2 aromatic rings. The summed E-state index contributed by atoms with van der Waals surface area (Å²) in [5.74, 6) is 0.625. The zero-order chi connectivity index (χ0) is 14.5. The van der Waals surface area contributed by atoms with Crippen LogP contribution in [0.2, 0.25) is 4.34 Å². The zero-order valence-corrected chi connectivity index (χ0v) is 12.6. The number of esters is 1. The molecule has 106 valence electrons. The molecular formula is C14H13ClO4S. The summed E-state index contributed by atoms with van der Waals surface area (Å²) in [5.41, 5.74) is 0.413. The molecule has 0 amide bonds. The molecule has 0 N–H and O–H groups in total. The van der Waals surface area contributed by atoms with Gasteiger partial charge in [0.1, 0.15) is 6.61 Å². The van der Waals surface area contributed by atoms with Crippen LogP contribution in [0.3, 0.4) is 0 Å². The predicted molar refractivity (Wildman–Crippen MR) is 78.0 cm³/mol. The highest BCUT2D eigenvalue weighted by atomic mass is 35.5. The minimum atomic E-state index is -0.417. The van der Waals surface area contributed by atoms with Crippen molar-refractivity contribution in [3.8, 4) is 11.5 Å². The molecule has 0 saturated heterocycles. The standard InChI is InChI=1S/C14H13ClO4S/c1-17-12-7-9(14(16)18-2)3-5-11(12)19-8-10-4-6-13(15)20-10/h3-7H,8H2,1-2H3. The molecule has 6 heteroatoms. The Labute approximate surface area is 125 Å². The van der Waals surface area contributed by atoms with Crippen LogP contribution in [0, 0.1) is 0 Å². The lowest BCUT2D eigenvalue weighted by Crippen LogP contribution is -2.03. The van der Waals surface area contributed by atoms with Crippen LogP contribution >= 0.6 is 22.9 Å². The molecule has 0 unspecified atom stereocenters. The average molecular weight is 313 g/mol. The molecule has 0 bridgehead atoms. The summed E-state index contributed by atoms with van der Waals surface area (Å²) in [6, 6.07) is 8.62. The Morgan fingerprint density at radius 3 is 2.60 bits per heavy atom. The number of methoxy groups -OCH3 is 2. The smallest absolute Gasteiger partial charge is 0.337 e. The third-order valence-electron chi connectivity index (χ3n) is 2.58. The van der Waals surface area contributed by atoms with Gasteiger partial charge in [-0.05, 0) is 30.3 Å². The molecule has 0 saturated carbocycles. The summed E-state index contributed by atoms with van der Waals surface area (Å²) in [6.07, 6.45) is 0. The van der Waals surface area contributed by atoms with Crippen LogP contribution in [0.4, 0.5) is 0 Å². The molecule has 0 aliphatic rings. The van der Waals surface area contributed by atoms with Crippen LogP contribution < -0.4 is 9.47 Å². The Hall–Kier alpha value is -1.72. The SMILES string of the molecule is COC(=O)c1ccc(OCc2ccc(Cl)s2)c(OC)c1. The molecule has 0 spiro atoms. The first kappa shape index (κ1) is 14.7. The molecule has 1 aromatic heterocycles. The van der Waals surface area contributed by atoms with E-state index in [4.69, 9.17) is 21.1 Å². The first-order valence-corrected chi connectivity index (χ1v) is 6.97. The van der Waals surface area contributed by atoms with Crippen LogP contribution in [0.15, 0.2) is 30.3 Å². The highest BCUT2D eigenvalue weighted by Gasteiger charge is 2.11. The number of hydrogen-bond donors (Lipinski definition) is 0. The van der Waals surface area contributed by atoms with Crippen molar-refractivity contribution in [2.75, 3.05) is 14.2 Å².